The van der Waals surface area contributed by atoms with Gasteiger partial charge in [-0.05, 0) is 18.4 Å². The number of carboxylic acid groups (broad SMARTS) is 1. The van der Waals surface area contributed by atoms with Crippen molar-refractivity contribution in [1.82, 2.24) is 10.5 Å². The second-order valence-corrected chi connectivity index (χ2v) is 5.76. The lowest BCUT2D eigenvalue weighted by Gasteiger charge is -2.22. The highest BCUT2D eigenvalue weighted by molar-refractivity contribution is 5.92. The van der Waals surface area contributed by atoms with Crippen LogP contribution in [0.4, 0.5) is 0 Å². The molecule has 0 radical (unpaired) electrons. The van der Waals surface area contributed by atoms with Gasteiger partial charge in [0.05, 0.1) is 17.7 Å². The van der Waals surface area contributed by atoms with Crippen molar-refractivity contribution in [2.24, 2.45) is 5.92 Å². The summed E-state index contributed by atoms with van der Waals surface area (Å²) in [4.78, 5) is 23.7. The Morgan fingerprint density at radius 3 is 2.35 bits per heavy atom. The smallest absolute Gasteiger partial charge is 0.308 e. The van der Waals surface area contributed by atoms with Crippen LogP contribution in [0.1, 0.15) is 54.5 Å². The number of rotatable bonds is 6. The van der Waals surface area contributed by atoms with Crippen molar-refractivity contribution in [3.8, 4) is 0 Å². The number of nitrogens with one attached hydrogen (secondary N) is 1. The molecule has 0 saturated heterocycles. The molecule has 2 unspecified atom stereocenters. The molecule has 1 aromatic carbocycles. The maximum Gasteiger partial charge on any atom is 0.308 e. The van der Waals surface area contributed by atoms with Crippen molar-refractivity contribution in [2.75, 3.05) is 0 Å². The fourth-order valence-electron chi connectivity index (χ4n) is 2.18. The molecule has 0 aliphatic carbocycles. The minimum atomic E-state index is -0.986. The number of aliphatic carboxylic acids is 1. The summed E-state index contributed by atoms with van der Waals surface area (Å²) in [5.41, 5.74) is 1.40. The third-order valence-electron chi connectivity index (χ3n) is 3.68. The lowest BCUT2D eigenvalue weighted by Crippen LogP contribution is -2.35. The van der Waals surface area contributed by atoms with Crippen molar-refractivity contribution >= 4 is 11.9 Å². The number of aromatic nitrogens is 1. The van der Waals surface area contributed by atoms with Gasteiger partial charge in [-0.3, -0.25) is 9.59 Å². The van der Waals surface area contributed by atoms with E-state index in [1.807, 2.05) is 19.9 Å². The van der Waals surface area contributed by atoms with Crippen LogP contribution in [0.3, 0.4) is 0 Å². The summed E-state index contributed by atoms with van der Waals surface area (Å²) >= 11 is 0. The summed E-state index contributed by atoms with van der Waals surface area (Å²) in [5, 5.41) is 15.9. The number of benzene rings is 1. The lowest BCUT2D eigenvalue weighted by atomic mass is 9.94. The Kier molecular flexibility index (Phi) is 5.16. The van der Waals surface area contributed by atoms with E-state index < -0.39 is 23.8 Å². The second-order valence-electron chi connectivity index (χ2n) is 5.76. The molecule has 1 heterocycles. The van der Waals surface area contributed by atoms with E-state index in [0.29, 0.717) is 5.69 Å². The van der Waals surface area contributed by atoms with E-state index >= 15 is 0 Å². The van der Waals surface area contributed by atoms with Crippen LogP contribution < -0.4 is 5.32 Å². The van der Waals surface area contributed by atoms with E-state index in [9.17, 15) is 14.7 Å². The van der Waals surface area contributed by atoms with Crippen LogP contribution in [0.2, 0.25) is 0 Å². The Morgan fingerprint density at radius 2 is 1.83 bits per heavy atom. The number of amides is 1. The molecule has 0 aliphatic heterocycles. The molecule has 1 aromatic heterocycles. The molecule has 2 atom stereocenters. The van der Waals surface area contributed by atoms with E-state index in [4.69, 9.17) is 4.52 Å². The number of nitrogens with zero attached hydrogens (tertiary/aromatic N) is 1. The van der Waals surface area contributed by atoms with Gasteiger partial charge in [-0.25, -0.2) is 0 Å². The normalized spacial score (nSPS) is 13.6. The van der Waals surface area contributed by atoms with E-state index in [0.717, 1.165) is 5.56 Å². The molecule has 0 bridgehead atoms. The van der Waals surface area contributed by atoms with Gasteiger partial charge in [-0.15, -0.1) is 0 Å². The highest BCUT2D eigenvalue weighted by Gasteiger charge is 2.28. The SMILES string of the molecule is CC(C)c1cc(C(=O)NC(c2ccccc2)C(C)C(=O)O)on1. The number of carbonyl (C=O) groups excluding carboxylic acids is 1. The average molecular weight is 316 g/mol. The van der Waals surface area contributed by atoms with Crippen molar-refractivity contribution in [1.29, 1.82) is 0 Å². The monoisotopic (exact) mass is 316 g/mol. The largest absolute Gasteiger partial charge is 0.481 e. The van der Waals surface area contributed by atoms with E-state index in [-0.39, 0.29) is 11.7 Å². The topological polar surface area (TPSA) is 92.4 Å². The number of hydrogen-bond donors (Lipinski definition) is 2. The minimum absolute atomic E-state index is 0.0761. The second kappa shape index (κ2) is 7.09. The van der Waals surface area contributed by atoms with E-state index in [2.05, 4.69) is 10.5 Å². The Hall–Kier alpha value is -2.63. The quantitative estimate of drug-likeness (QED) is 0.854. The van der Waals surface area contributed by atoms with Crippen molar-refractivity contribution in [3.63, 3.8) is 0 Å². The van der Waals surface area contributed by atoms with Crippen molar-refractivity contribution < 1.29 is 19.2 Å². The molecule has 0 fully saturated rings. The van der Waals surface area contributed by atoms with Crippen LogP contribution in [0.25, 0.3) is 0 Å². The van der Waals surface area contributed by atoms with Gasteiger partial charge in [0, 0.05) is 6.07 Å². The zero-order valence-electron chi connectivity index (χ0n) is 13.3. The fraction of sp³-hybridized carbons (Fsp3) is 0.353. The zero-order chi connectivity index (χ0) is 17.0. The van der Waals surface area contributed by atoms with Gasteiger partial charge >= 0.3 is 5.97 Å². The third kappa shape index (κ3) is 3.97. The fourth-order valence-corrected chi connectivity index (χ4v) is 2.18. The summed E-state index contributed by atoms with van der Waals surface area (Å²) in [6.45, 7) is 5.44. The Balaban J connectivity index is 2.23. The first-order valence-corrected chi connectivity index (χ1v) is 7.45. The Bertz CT molecular complexity index is 679. The van der Waals surface area contributed by atoms with Gasteiger partial charge in [0.25, 0.3) is 5.91 Å². The van der Waals surface area contributed by atoms with Crippen molar-refractivity contribution in [3.05, 3.63) is 53.4 Å². The van der Waals surface area contributed by atoms with Gasteiger partial charge in [0.1, 0.15) is 0 Å². The van der Waals surface area contributed by atoms with Gasteiger partial charge in [-0.1, -0.05) is 49.3 Å². The molecule has 2 N–H and O–H groups in total. The number of carboxylic acids is 1. The Labute approximate surface area is 134 Å². The van der Waals surface area contributed by atoms with Gasteiger partial charge in [0.2, 0.25) is 5.76 Å². The first-order valence-electron chi connectivity index (χ1n) is 7.45. The average Bonchev–Trinajstić information content (AvgIpc) is 3.03. The lowest BCUT2D eigenvalue weighted by molar-refractivity contribution is -0.142. The maximum atomic E-state index is 12.4. The summed E-state index contributed by atoms with van der Waals surface area (Å²) in [6.07, 6.45) is 0. The predicted molar refractivity (Wildman–Crippen MR) is 84.0 cm³/mol. The summed E-state index contributed by atoms with van der Waals surface area (Å²) in [6, 6.07) is 9.91. The zero-order valence-corrected chi connectivity index (χ0v) is 13.3. The van der Waals surface area contributed by atoms with Gasteiger partial charge < -0.3 is 14.9 Å². The Morgan fingerprint density at radius 1 is 1.17 bits per heavy atom. The standard InChI is InChI=1S/C17H20N2O4/c1-10(2)13-9-14(23-19-13)16(20)18-15(11(3)17(21)22)12-7-5-4-6-8-12/h4-11,15H,1-3H3,(H,18,20)(H,21,22). The van der Waals surface area contributed by atoms with Gasteiger partial charge in [0.15, 0.2) is 0 Å². The van der Waals surface area contributed by atoms with Crippen LogP contribution in [0.5, 0.6) is 0 Å². The molecule has 0 saturated carbocycles. The van der Waals surface area contributed by atoms with Gasteiger partial charge in [-0.2, -0.15) is 0 Å². The molecular formula is C17H20N2O4. The van der Waals surface area contributed by atoms with Crippen LogP contribution in [-0.2, 0) is 4.79 Å². The molecule has 23 heavy (non-hydrogen) atoms. The van der Waals surface area contributed by atoms with E-state index in [1.54, 1.807) is 37.3 Å². The first-order chi connectivity index (χ1) is 10.9. The summed E-state index contributed by atoms with van der Waals surface area (Å²) < 4.78 is 5.06. The molecule has 6 nitrogen and oxygen atoms in total. The molecule has 1 amide bonds. The molecular weight excluding hydrogens is 296 g/mol. The van der Waals surface area contributed by atoms with Crippen LogP contribution in [0.15, 0.2) is 40.9 Å². The highest BCUT2D eigenvalue weighted by atomic mass is 16.5. The number of carbonyl (C=O) groups is 2. The third-order valence-corrected chi connectivity index (χ3v) is 3.68. The van der Waals surface area contributed by atoms with Crippen molar-refractivity contribution in [2.45, 2.75) is 32.7 Å². The maximum absolute atomic E-state index is 12.4. The molecule has 0 spiro atoms. The predicted octanol–water partition coefficient (Wildman–Crippen LogP) is 2.99. The first kappa shape index (κ1) is 16.7. The molecule has 0 aliphatic rings. The molecule has 6 heteroatoms. The van der Waals surface area contributed by atoms with Crippen LogP contribution >= 0.6 is 0 Å². The van der Waals surface area contributed by atoms with Crippen LogP contribution in [-0.4, -0.2) is 22.1 Å². The molecule has 2 aromatic rings. The van der Waals surface area contributed by atoms with Crippen LogP contribution in [0, 0.1) is 5.92 Å². The number of hydrogen-bond acceptors (Lipinski definition) is 4. The molecule has 122 valence electrons. The summed E-state index contributed by atoms with van der Waals surface area (Å²) in [7, 11) is 0. The summed E-state index contributed by atoms with van der Waals surface area (Å²) in [5.74, 6) is -2.03. The molecule has 2 rings (SSSR count). The highest BCUT2D eigenvalue weighted by Crippen LogP contribution is 2.23. The minimum Gasteiger partial charge on any atom is -0.481 e. The van der Waals surface area contributed by atoms with E-state index in [1.165, 1.54) is 0 Å².